The number of halogens is 1. The van der Waals surface area contributed by atoms with E-state index in [-0.39, 0.29) is 16.2 Å². The van der Waals surface area contributed by atoms with Crippen LogP contribution in [-0.2, 0) is 11.2 Å². The molecule has 0 radical (unpaired) electrons. The van der Waals surface area contributed by atoms with Crippen molar-refractivity contribution in [1.82, 2.24) is 10.3 Å². The lowest BCUT2D eigenvalue weighted by Crippen LogP contribution is -2.26. The molecule has 3 N–H and O–H groups in total. The number of carboxylic acid groups (broad SMARTS) is 1. The lowest BCUT2D eigenvalue weighted by atomic mass is 10.1. The molecule has 0 aliphatic rings. The number of aromatic nitrogens is 1. The van der Waals surface area contributed by atoms with Crippen molar-refractivity contribution in [2.45, 2.75) is 6.42 Å². The maximum Gasteiger partial charge on any atom is 0.337 e. The summed E-state index contributed by atoms with van der Waals surface area (Å²) in [4.78, 5) is 27.0. The number of carbonyl (C=O) groups is 2. The molecule has 8 heteroatoms. The number of aromatic amines is 1. The Morgan fingerprint density at radius 2 is 2.00 bits per heavy atom. The number of fused-ring (bicyclic) bond motifs is 1. The van der Waals surface area contributed by atoms with Gasteiger partial charge in [0.15, 0.2) is 0 Å². The van der Waals surface area contributed by atoms with Gasteiger partial charge in [-0.05, 0) is 48.4 Å². The maximum atomic E-state index is 12.5. The third kappa shape index (κ3) is 4.81. The number of benzene rings is 2. The van der Waals surface area contributed by atoms with E-state index in [0.29, 0.717) is 30.0 Å². The highest BCUT2D eigenvalue weighted by atomic mass is 35.5. The quantitative estimate of drug-likeness (QED) is 0.264. The second-order valence-electron chi connectivity index (χ2n) is 7.24. The minimum Gasteiger partial charge on any atom is -0.478 e. The smallest absolute Gasteiger partial charge is 0.337 e. The summed E-state index contributed by atoms with van der Waals surface area (Å²) in [6, 6.07) is 17.5. The standard InChI is InChI=1S/C25H18ClN3O4/c26-21-7-5-15(12-20(21)25(31)32)23-8-6-18(33-23)11-17(13-27)24(30)28-10-9-16-14-29-22-4-2-1-3-19(16)22/h1-8,11-12,14,29H,9-10H2,(H,28,30)(H,31,32)/b17-11+. The first-order valence-electron chi connectivity index (χ1n) is 10.0. The van der Waals surface area contributed by atoms with Crippen molar-refractivity contribution in [1.29, 1.82) is 5.26 Å². The van der Waals surface area contributed by atoms with E-state index < -0.39 is 11.9 Å². The van der Waals surface area contributed by atoms with Gasteiger partial charge < -0.3 is 19.8 Å². The highest BCUT2D eigenvalue weighted by Gasteiger charge is 2.14. The Hall–Kier alpha value is -4.28. The van der Waals surface area contributed by atoms with Crippen LogP contribution in [0.4, 0.5) is 0 Å². The summed E-state index contributed by atoms with van der Waals surface area (Å²) >= 11 is 5.91. The first-order chi connectivity index (χ1) is 16.0. The highest BCUT2D eigenvalue weighted by molar-refractivity contribution is 6.33. The van der Waals surface area contributed by atoms with Crippen molar-refractivity contribution in [2.24, 2.45) is 0 Å². The fourth-order valence-corrected chi connectivity index (χ4v) is 3.66. The SMILES string of the molecule is N#C/C(=C\c1ccc(-c2ccc(Cl)c(C(=O)O)c2)o1)C(=O)NCCc1c[nH]c2ccccc12. The molecule has 2 heterocycles. The fourth-order valence-electron chi connectivity index (χ4n) is 3.46. The van der Waals surface area contributed by atoms with Crippen molar-refractivity contribution in [2.75, 3.05) is 6.54 Å². The molecular weight excluding hydrogens is 442 g/mol. The first kappa shape index (κ1) is 21.9. The summed E-state index contributed by atoms with van der Waals surface area (Å²) in [5.74, 6) is -0.975. The van der Waals surface area contributed by atoms with Gasteiger partial charge in [0.2, 0.25) is 0 Å². The molecule has 0 fully saturated rings. The second-order valence-corrected chi connectivity index (χ2v) is 7.64. The molecule has 4 aromatic rings. The molecule has 2 aromatic carbocycles. The van der Waals surface area contributed by atoms with Crippen LogP contribution >= 0.6 is 11.6 Å². The zero-order valence-corrected chi connectivity index (χ0v) is 18.0. The van der Waals surface area contributed by atoms with E-state index in [1.807, 2.05) is 36.5 Å². The molecule has 164 valence electrons. The molecule has 4 rings (SSSR count). The minimum absolute atomic E-state index is 0.0463. The van der Waals surface area contributed by atoms with E-state index in [2.05, 4.69) is 10.3 Å². The topological polar surface area (TPSA) is 119 Å². The number of nitrogens with one attached hydrogen (secondary N) is 2. The number of para-hydroxylation sites is 1. The minimum atomic E-state index is -1.15. The molecule has 1 amide bonds. The van der Waals surface area contributed by atoms with Gasteiger partial charge in [-0.2, -0.15) is 5.26 Å². The molecule has 2 aromatic heterocycles. The van der Waals surface area contributed by atoms with Crippen LogP contribution in [0.5, 0.6) is 0 Å². The number of H-pyrrole nitrogens is 1. The van der Waals surface area contributed by atoms with Crippen molar-refractivity contribution in [3.8, 4) is 17.4 Å². The zero-order chi connectivity index (χ0) is 23.4. The number of aromatic carboxylic acids is 1. The van der Waals surface area contributed by atoms with Crippen LogP contribution in [-0.4, -0.2) is 28.5 Å². The molecule has 0 saturated heterocycles. The summed E-state index contributed by atoms with van der Waals surface area (Å²) in [7, 11) is 0. The maximum absolute atomic E-state index is 12.5. The normalized spacial score (nSPS) is 11.3. The summed E-state index contributed by atoms with van der Waals surface area (Å²) < 4.78 is 5.69. The Kier molecular flexibility index (Phi) is 6.29. The summed E-state index contributed by atoms with van der Waals surface area (Å²) in [5, 5.41) is 22.6. The van der Waals surface area contributed by atoms with Gasteiger partial charge in [-0.1, -0.05) is 29.8 Å². The lowest BCUT2D eigenvalue weighted by molar-refractivity contribution is -0.117. The number of amides is 1. The largest absolute Gasteiger partial charge is 0.478 e. The summed E-state index contributed by atoms with van der Waals surface area (Å²) in [5.41, 5.74) is 2.47. The van der Waals surface area contributed by atoms with Crippen LogP contribution in [0, 0.1) is 11.3 Å². The molecule has 0 saturated carbocycles. The molecule has 0 aliphatic carbocycles. The Balaban J connectivity index is 1.44. The number of carbonyl (C=O) groups excluding carboxylic acids is 1. The average Bonchev–Trinajstić information content (AvgIpc) is 3.45. The number of hydrogen-bond acceptors (Lipinski definition) is 4. The Morgan fingerprint density at radius 3 is 2.79 bits per heavy atom. The van der Waals surface area contributed by atoms with Crippen LogP contribution in [0.15, 0.2) is 70.8 Å². The number of nitrogens with zero attached hydrogens (tertiary/aromatic N) is 1. The molecule has 0 bridgehead atoms. The van der Waals surface area contributed by atoms with Gasteiger partial charge in [-0.25, -0.2) is 4.79 Å². The van der Waals surface area contributed by atoms with E-state index in [1.165, 1.54) is 18.2 Å². The van der Waals surface area contributed by atoms with Gasteiger partial charge in [0.25, 0.3) is 5.91 Å². The monoisotopic (exact) mass is 459 g/mol. The van der Waals surface area contributed by atoms with E-state index in [9.17, 15) is 20.0 Å². The fraction of sp³-hybridized carbons (Fsp3) is 0.0800. The second kappa shape index (κ2) is 9.47. The molecule has 33 heavy (non-hydrogen) atoms. The molecule has 7 nitrogen and oxygen atoms in total. The summed E-state index contributed by atoms with van der Waals surface area (Å²) in [6.07, 6.45) is 3.87. The zero-order valence-electron chi connectivity index (χ0n) is 17.3. The van der Waals surface area contributed by atoms with Gasteiger partial charge in [0.05, 0.1) is 10.6 Å². The molecule has 0 spiro atoms. The van der Waals surface area contributed by atoms with Crippen LogP contribution < -0.4 is 5.32 Å². The molecule has 0 aliphatic heterocycles. The molecular formula is C25H18ClN3O4. The van der Waals surface area contributed by atoms with Crippen molar-refractivity contribution >= 4 is 40.5 Å². The van der Waals surface area contributed by atoms with E-state index in [4.69, 9.17) is 16.0 Å². The van der Waals surface area contributed by atoms with E-state index >= 15 is 0 Å². The van der Waals surface area contributed by atoms with Gasteiger partial charge in [-0.15, -0.1) is 0 Å². The third-order valence-electron chi connectivity index (χ3n) is 5.11. The van der Waals surface area contributed by atoms with Crippen molar-refractivity contribution in [3.05, 3.63) is 88.3 Å². The van der Waals surface area contributed by atoms with Crippen LogP contribution in [0.25, 0.3) is 28.3 Å². The number of rotatable bonds is 7. The van der Waals surface area contributed by atoms with Gasteiger partial charge in [0, 0.05) is 35.3 Å². The highest BCUT2D eigenvalue weighted by Crippen LogP contribution is 2.27. The third-order valence-corrected chi connectivity index (χ3v) is 5.44. The first-order valence-corrected chi connectivity index (χ1v) is 10.4. The number of nitriles is 1. The average molecular weight is 460 g/mol. The van der Waals surface area contributed by atoms with Gasteiger partial charge >= 0.3 is 5.97 Å². The van der Waals surface area contributed by atoms with Crippen LogP contribution in [0.3, 0.4) is 0 Å². The van der Waals surface area contributed by atoms with Crippen LogP contribution in [0.1, 0.15) is 21.7 Å². The number of furan rings is 1. The van der Waals surface area contributed by atoms with Gasteiger partial charge in [-0.3, -0.25) is 4.79 Å². The molecule has 0 unspecified atom stereocenters. The number of carboxylic acids is 1. The predicted molar refractivity (Wildman–Crippen MR) is 125 cm³/mol. The van der Waals surface area contributed by atoms with Crippen molar-refractivity contribution < 1.29 is 19.1 Å². The van der Waals surface area contributed by atoms with Crippen molar-refractivity contribution in [3.63, 3.8) is 0 Å². The Morgan fingerprint density at radius 1 is 1.18 bits per heavy atom. The van der Waals surface area contributed by atoms with Crippen LogP contribution in [0.2, 0.25) is 5.02 Å². The van der Waals surface area contributed by atoms with E-state index in [0.717, 1.165) is 16.5 Å². The Bertz CT molecular complexity index is 1420. The predicted octanol–water partition coefficient (Wildman–Crippen LogP) is 5.05. The van der Waals surface area contributed by atoms with Gasteiger partial charge in [0.1, 0.15) is 23.2 Å². The van der Waals surface area contributed by atoms with E-state index in [1.54, 1.807) is 18.2 Å². The number of hydrogen-bond donors (Lipinski definition) is 3. The molecule has 0 atom stereocenters. The Labute approximate surface area is 193 Å². The lowest BCUT2D eigenvalue weighted by Gasteiger charge is -2.04. The summed E-state index contributed by atoms with van der Waals surface area (Å²) in [6.45, 7) is 0.367.